The summed E-state index contributed by atoms with van der Waals surface area (Å²) >= 11 is 1.39. The number of aromatic carboxylic acids is 1. The van der Waals surface area contributed by atoms with Crippen molar-refractivity contribution in [2.45, 2.75) is 20.4 Å². The Kier molecular flexibility index (Phi) is 3.52. The number of carboxylic acids is 1. The van der Waals surface area contributed by atoms with E-state index in [-0.39, 0.29) is 0 Å². The second-order valence-corrected chi connectivity index (χ2v) is 6.91. The van der Waals surface area contributed by atoms with Gasteiger partial charge in [0.15, 0.2) is 0 Å². The molecule has 3 nitrogen and oxygen atoms in total. The summed E-state index contributed by atoms with van der Waals surface area (Å²) in [5.74, 6) is 0.572. The average molecular weight is 289 g/mol. The summed E-state index contributed by atoms with van der Waals surface area (Å²) in [5.41, 5.74) is 0.986. The third-order valence-corrected chi connectivity index (χ3v) is 5.54. The van der Waals surface area contributed by atoms with Gasteiger partial charge in [0, 0.05) is 24.3 Å². The molecule has 106 valence electrons. The van der Waals surface area contributed by atoms with Crippen molar-refractivity contribution in [1.29, 1.82) is 0 Å². The van der Waals surface area contributed by atoms with Crippen LogP contribution in [0.5, 0.6) is 0 Å². The fourth-order valence-electron chi connectivity index (χ4n) is 3.03. The SMILES string of the molecule is CC1CN(Cc2c(C(=O)O)sc3ccccc23)CC1C. The van der Waals surface area contributed by atoms with E-state index in [0.29, 0.717) is 16.7 Å². The van der Waals surface area contributed by atoms with Crippen LogP contribution in [0.1, 0.15) is 29.1 Å². The van der Waals surface area contributed by atoms with E-state index in [1.165, 1.54) is 11.3 Å². The van der Waals surface area contributed by atoms with E-state index >= 15 is 0 Å². The minimum atomic E-state index is -0.804. The number of rotatable bonds is 3. The quantitative estimate of drug-likeness (QED) is 0.937. The van der Waals surface area contributed by atoms with Gasteiger partial charge in [-0.05, 0) is 28.9 Å². The van der Waals surface area contributed by atoms with Gasteiger partial charge in [0.05, 0.1) is 0 Å². The maximum Gasteiger partial charge on any atom is 0.346 e. The van der Waals surface area contributed by atoms with Crippen LogP contribution in [0, 0.1) is 11.8 Å². The minimum Gasteiger partial charge on any atom is -0.477 e. The highest BCUT2D eigenvalue weighted by Crippen LogP contribution is 2.34. The van der Waals surface area contributed by atoms with Gasteiger partial charge in [0.1, 0.15) is 4.88 Å². The molecule has 2 heterocycles. The van der Waals surface area contributed by atoms with Gasteiger partial charge in [-0.3, -0.25) is 4.90 Å². The molecule has 1 fully saturated rings. The van der Waals surface area contributed by atoms with Gasteiger partial charge >= 0.3 is 5.97 Å². The summed E-state index contributed by atoms with van der Waals surface area (Å²) in [6.45, 7) is 7.41. The molecule has 4 heteroatoms. The molecule has 1 aromatic heterocycles. The Balaban J connectivity index is 1.97. The lowest BCUT2D eigenvalue weighted by atomic mass is 10.0. The van der Waals surface area contributed by atoms with Crippen LogP contribution in [0.4, 0.5) is 0 Å². The normalized spacial score (nSPS) is 23.5. The number of thiophene rings is 1. The summed E-state index contributed by atoms with van der Waals surface area (Å²) in [4.78, 5) is 14.4. The van der Waals surface area contributed by atoms with Crippen molar-refractivity contribution in [3.05, 3.63) is 34.7 Å². The van der Waals surface area contributed by atoms with Crippen LogP contribution in [0.25, 0.3) is 10.1 Å². The van der Waals surface area contributed by atoms with Crippen LogP contribution in [0.15, 0.2) is 24.3 Å². The number of nitrogens with zero attached hydrogens (tertiary/aromatic N) is 1. The number of fused-ring (bicyclic) bond motifs is 1. The summed E-state index contributed by atoms with van der Waals surface area (Å²) in [5, 5.41) is 10.5. The van der Waals surface area contributed by atoms with Gasteiger partial charge in [-0.25, -0.2) is 4.79 Å². The van der Waals surface area contributed by atoms with Crippen molar-refractivity contribution in [2.75, 3.05) is 13.1 Å². The Hall–Kier alpha value is -1.39. The molecule has 1 aromatic carbocycles. The highest BCUT2D eigenvalue weighted by Gasteiger charge is 2.28. The van der Waals surface area contributed by atoms with E-state index in [9.17, 15) is 9.90 Å². The number of hydrogen-bond acceptors (Lipinski definition) is 3. The van der Waals surface area contributed by atoms with Crippen molar-refractivity contribution in [3.63, 3.8) is 0 Å². The molecule has 20 heavy (non-hydrogen) atoms. The van der Waals surface area contributed by atoms with Crippen molar-refractivity contribution in [1.82, 2.24) is 4.90 Å². The van der Waals surface area contributed by atoms with Crippen molar-refractivity contribution in [2.24, 2.45) is 11.8 Å². The molecule has 2 atom stereocenters. The molecule has 0 spiro atoms. The predicted molar refractivity (Wildman–Crippen MR) is 82.4 cm³/mol. The summed E-state index contributed by atoms with van der Waals surface area (Å²) < 4.78 is 1.07. The molecule has 3 rings (SSSR count). The Morgan fingerprint density at radius 3 is 2.60 bits per heavy atom. The lowest BCUT2D eigenvalue weighted by Gasteiger charge is -2.15. The maximum absolute atomic E-state index is 11.5. The van der Waals surface area contributed by atoms with Crippen LogP contribution in [0.3, 0.4) is 0 Å². The minimum absolute atomic E-state index is 0.499. The topological polar surface area (TPSA) is 40.5 Å². The van der Waals surface area contributed by atoms with Crippen molar-refractivity contribution in [3.8, 4) is 0 Å². The van der Waals surface area contributed by atoms with Gasteiger partial charge < -0.3 is 5.11 Å². The summed E-state index contributed by atoms with van der Waals surface area (Å²) in [6, 6.07) is 8.00. The molecule has 0 amide bonds. The first kappa shape index (κ1) is 13.6. The van der Waals surface area contributed by atoms with Gasteiger partial charge in [0.25, 0.3) is 0 Å². The maximum atomic E-state index is 11.5. The average Bonchev–Trinajstić information content (AvgIpc) is 2.92. The molecule has 1 saturated heterocycles. The smallest absolute Gasteiger partial charge is 0.346 e. The van der Waals surface area contributed by atoms with E-state index < -0.39 is 5.97 Å². The number of benzene rings is 1. The Bertz CT molecular complexity index is 639. The fraction of sp³-hybridized carbons (Fsp3) is 0.438. The molecule has 1 N–H and O–H groups in total. The van der Waals surface area contributed by atoms with E-state index in [2.05, 4.69) is 18.7 Å². The standard InChI is InChI=1S/C16H19NO2S/c1-10-7-17(8-11(10)2)9-13-12-5-3-4-6-14(12)20-15(13)16(18)19/h3-6,10-11H,7-9H2,1-2H3,(H,18,19). The molecule has 0 radical (unpaired) electrons. The lowest BCUT2D eigenvalue weighted by molar-refractivity contribution is 0.0700. The van der Waals surface area contributed by atoms with Gasteiger partial charge in [0.2, 0.25) is 0 Å². The van der Waals surface area contributed by atoms with Gasteiger partial charge in [-0.1, -0.05) is 32.0 Å². The molecule has 0 saturated carbocycles. The Morgan fingerprint density at radius 2 is 1.95 bits per heavy atom. The molecule has 2 unspecified atom stereocenters. The third kappa shape index (κ3) is 2.34. The molecule has 1 aliphatic rings. The first-order valence-corrected chi connectivity index (χ1v) is 7.84. The molecular weight excluding hydrogens is 270 g/mol. The second-order valence-electron chi connectivity index (χ2n) is 5.86. The third-order valence-electron chi connectivity index (χ3n) is 4.34. The van der Waals surface area contributed by atoms with Crippen LogP contribution in [-0.2, 0) is 6.54 Å². The van der Waals surface area contributed by atoms with E-state index in [4.69, 9.17) is 0 Å². The Labute approximate surface area is 122 Å². The molecule has 0 bridgehead atoms. The van der Waals surface area contributed by atoms with Gasteiger partial charge in [-0.2, -0.15) is 0 Å². The zero-order valence-corrected chi connectivity index (χ0v) is 12.6. The van der Waals surface area contributed by atoms with Gasteiger partial charge in [-0.15, -0.1) is 11.3 Å². The first-order valence-electron chi connectivity index (χ1n) is 7.02. The fourth-order valence-corrected chi connectivity index (χ4v) is 4.08. The highest BCUT2D eigenvalue weighted by atomic mass is 32.1. The molecule has 2 aromatic rings. The summed E-state index contributed by atoms with van der Waals surface area (Å²) in [7, 11) is 0. The van der Waals surface area contributed by atoms with Crippen molar-refractivity contribution >= 4 is 27.4 Å². The highest BCUT2D eigenvalue weighted by molar-refractivity contribution is 7.21. The number of likely N-dealkylation sites (tertiary alicyclic amines) is 1. The van der Waals surface area contributed by atoms with Crippen molar-refractivity contribution < 1.29 is 9.90 Å². The van der Waals surface area contributed by atoms with E-state index in [1.807, 2.05) is 24.3 Å². The number of hydrogen-bond donors (Lipinski definition) is 1. The van der Waals surface area contributed by atoms with Crippen LogP contribution < -0.4 is 0 Å². The zero-order valence-electron chi connectivity index (χ0n) is 11.8. The van der Waals surface area contributed by atoms with E-state index in [1.54, 1.807) is 0 Å². The van der Waals surface area contributed by atoms with Crippen LogP contribution >= 0.6 is 11.3 Å². The molecule has 1 aliphatic heterocycles. The second kappa shape index (κ2) is 5.19. The monoisotopic (exact) mass is 289 g/mol. The van der Waals surface area contributed by atoms with Crippen LogP contribution in [0.2, 0.25) is 0 Å². The Morgan fingerprint density at radius 1 is 1.30 bits per heavy atom. The molecule has 0 aliphatic carbocycles. The first-order chi connectivity index (χ1) is 9.56. The lowest BCUT2D eigenvalue weighted by Crippen LogP contribution is -2.21. The predicted octanol–water partition coefficient (Wildman–Crippen LogP) is 3.69. The largest absolute Gasteiger partial charge is 0.477 e. The summed E-state index contributed by atoms with van der Waals surface area (Å²) in [6.07, 6.45) is 0. The number of carbonyl (C=O) groups is 1. The molecular formula is C16H19NO2S. The van der Waals surface area contributed by atoms with E-state index in [0.717, 1.165) is 35.3 Å². The zero-order chi connectivity index (χ0) is 14.3. The van der Waals surface area contributed by atoms with Crippen LogP contribution in [-0.4, -0.2) is 29.1 Å². The number of carboxylic acid groups (broad SMARTS) is 1.